The number of benzene rings is 2. The molecule has 212 valence electrons. The normalized spacial score (nSPS) is 9.55. The second-order valence-electron chi connectivity index (χ2n) is 9.00. The first kappa shape index (κ1) is 33.7. The minimum atomic E-state index is -0.0324. The van der Waals surface area contributed by atoms with Crippen molar-refractivity contribution in [2.24, 2.45) is 0 Å². The van der Waals surface area contributed by atoms with Gasteiger partial charge in [0.15, 0.2) is 34.7 Å². The first-order valence-electron chi connectivity index (χ1n) is 13.4. The Morgan fingerprint density at radius 2 is 1.27 bits per heavy atom. The van der Waals surface area contributed by atoms with Gasteiger partial charge in [-0.1, -0.05) is 74.9 Å². The van der Waals surface area contributed by atoms with Gasteiger partial charge in [0.25, 0.3) is 0 Å². The van der Waals surface area contributed by atoms with Crippen LogP contribution in [0.5, 0.6) is 0 Å². The van der Waals surface area contributed by atoms with Gasteiger partial charge < -0.3 is 8.83 Å². The van der Waals surface area contributed by atoms with Crippen LogP contribution in [0.15, 0.2) is 94.0 Å². The Balaban J connectivity index is 0.000000271. The number of furan rings is 2. The van der Waals surface area contributed by atoms with Crippen molar-refractivity contribution in [2.75, 3.05) is 0 Å². The lowest BCUT2D eigenvalue weighted by Gasteiger charge is -2.00. The van der Waals surface area contributed by atoms with Gasteiger partial charge >= 0.3 is 0 Å². The summed E-state index contributed by atoms with van der Waals surface area (Å²) in [5, 5.41) is 0. The van der Waals surface area contributed by atoms with Gasteiger partial charge in [-0.25, -0.2) is 0 Å². The fraction of sp³-hybridized carbons (Fsp3) is 0.294. The highest BCUT2D eigenvalue weighted by atomic mass is 16.3. The number of Topliss-reactive ketones (excluding diaryl/α,β-unsaturated/α-hetero) is 4. The first-order valence-corrected chi connectivity index (χ1v) is 13.4. The van der Waals surface area contributed by atoms with Gasteiger partial charge in [0.1, 0.15) is 5.76 Å². The van der Waals surface area contributed by atoms with Crippen LogP contribution in [0.25, 0.3) is 0 Å². The molecule has 0 bridgehead atoms. The summed E-state index contributed by atoms with van der Waals surface area (Å²) in [5.74, 6) is 1.93. The zero-order chi connectivity index (χ0) is 29.9. The van der Waals surface area contributed by atoms with Crippen LogP contribution in [0.4, 0.5) is 0 Å². The zero-order valence-corrected chi connectivity index (χ0v) is 24.4. The average Bonchev–Trinajstić information content (AvgIpc) is 3.66. The molecule has 0 saturated heterocycles. The summed E-state index contributed by atoms with van der Waals surface area (Å²) in [6.07, 6.45) is 5.63. The van der Waals surface area contributed by atoms with Crippen molar-refractivity contribution < 1.29 is 28.0 Å². The van der Waals surface area contributed by atoms with E-state index in [1.165, 1.54) is 38.5 Å². The van der Waals surface area contributed by atoms with Crippen molar-refractivity contribution >= 4 is 23.1 Å². The highest BCUT2D eigenvalue weighted by Gasteiger charge is 2.02. The second-order valence-corrected chi connectivity index (χ2v) is 9.00. The molecule has 0 aliphatic carbocycles. The second kappa shape index (κ2) is 18.9. The minimum Gasteiger partial charge on any atom is -0.461 e. The molecule has 0 spiro atoms. The van der Waals surface area contributed by atoms with Crippen LogP contribution in [0, 0.1) is 6.92 Å². The monoisotopic (exact) mass is 544 g/mol. The van der Waals surface area contributed by atoms with E-state index in [0.717, 1.165) is 23.3 Å². The Hall–Kier alpha value is -4.32. The topological polar surface area (TPSA) is 94.6 Å². The third kappa shape index (κ3) is 13.5. The molecule has 4 aromatic rings. The van der Waals surface area contributed by atoms with Crippen LogP contribution in [0.2, 0.25) is 0 Å². The van der Waals surface area contributed by atoms with Crippen molar-refractivity contribution in [3.63, 3.8) is 0 Å². The van der Waals surface area contributed by atoms with E-state index < -0.39 is 0 Å². The van der Waals surface area contributed by atoms with E-state index in [4.69, 9.17) is 8.83 Å². The molecule has 0 unspecified atom stereocenters. The molecule has 6 heteroatoms. The molecule has 0 radical (unpaired) electrons. The van der Waals surface area contributed by atoms with Crippen LogP contribution < -0.4 is 0 Å². The number of carbonyl (C=O) groups excluding carboxylic acids is 4. The van der Waals surface area contributed by atoms with Crippen LogP contribution in [0.1, 0.15) is 107 Å². The number of rotatable bonds is 8. The molecule has 0 aliphatic heterocycles. The van der Waals surface area contributed by atoms with Crippen LogP contribution in [0.3, 0.4) is 0 Å². The minimum absolute atomic E-state index is 0.0249. The molecular weight excluding hydrogens is 504 g/mol. The Bertz CT molecular complexity index is 1300. The number of unbranched alkanes of at least 4 members (excludes halogenated alkanes) is 1. The molecule has 2 aromatic carbocycles. The summed E-state index contributed by atoms with van der Waals surface area (Å²) < 4.78 is 9.74. The standard InChI is InChI=1S/C12H16O.C9H10O.C7H8O2.C6H6O2/c1-3-4-5-11-6-8-12(9-7-11)10(2)13;1-2-9(10)8-6-4-3-5-7-8;1-5-3-4-7(9-5)6(2)8;1-5(7)6-3-2-4-8-6/h6-9H,3-5H2,1-2H3;3-7H,2H2,1H3;3-4H,1-2H3;2-4H,1H3. The average molecular weight is 545 g/mol. The number of aryl methyl sites for hydroxylation is 2. The van der Waals surface area contributed by atoms with E-state index in [0.29, 0.717) is 17.9 Å². The molecule has 0 fully saturated rings. The third-order valence-corrected chi connectivity index (χ3v) is 5.55. The summed E-state index contributed by atoms with van der Waals surface area (Å²) in [6, 6.07) is 24.0. The van der Waals surface area contributed by atoms with Gasteiger partial charge in [0.2, 0.25) is 0 Å². The molecule has 40 heavy (non-hydrogen) atoms. The number of carbonyl (C=O) groups is 4. The lowest BCUT2D eigenvalue weighted by Crippen LogP contribution is -1.94. The van der Waals surface area contributed by atoms with E-state index in [2.05, 4.69) is 6.92 Å². The molecule has 0 amide bonds. The zero-order valence-electron chi connectivity index (χ0n) is 24.4. The first-order chi connectivity index (χ1) is 19.1. The van der Waals surface area contributed by atoms with Crippen molar-refractivity contribution in [2.45, 2.75) is 67.2 Å². The largest absolute Gasteiger partial charge is 0.461 e. The predicted octanol–water partition coefficient (Wildman–Crippen LogP) is 8.78. The van der Waals surface area contributed by atoms with E-state index in [9.17, 15) is 19.2 Å². The molecule has 4 rings (SSSR count). The van der Waals surface area contributed by atoms with Crippen molar-refractivity contribution in [1.29, 1.82) is 0 Å². The van der Waals surface area contributed by atoms with Gasteiger partial charge in [-0.15, -0.1) is 0 Å². The lowest BCUT2D eigenvalue weighted by atomic mass is 10.1. The summed E-state index contributed by atoms with van der Waals surface area (Å²) in [6.45, 7) is 10.4. The molecule has 0 N–H and O–H groups in total. The summed E-state index contributed by atoms with van der Waals surface area (Å²) >= 11 is 0. The number of hydrogen-bond donors (Lipinski definition) is 0. The molecular formula is C34H40O6. The Morgan fingerprint density at radius 3 is 1.65 bits per heavy atom. The molecule has 6 nitrogen and oxygen atoms in total. The highest BCUT2D eigenvalue weighted by molar-refractivity contribution is 5.95. The van der Waals surface area contributed by atoms with E-state index in [-0.39, 0.29) is 23.1 Å². The Morgan fingerprint density at radius 1 is 0.650 bits per heavy atom. The molecule has 0 atom stereocenters. The highest BCUT2D eigenvalue weighted by Crippen LogP contribution is 2.08. The van der Waals surface area contributed by atoms with Gasteiger partial charge in [0.05, 0.1) is 6.26 Å². The maximum Gasteiger partial charge on any atom is 0.194 e. The van der Waals surface area contributed by atoms with E-state index in [1.807, 2.05) is 68.4 Å². The Labute approximate surface area is 237 Å². The quantitative estimate of drug-likeness (QED) is 0.206. The Kier molecular flexibility index (Phi) is 15.9. The van der Waals surface area contributed by atoms with E-state index in [1.54, 1.807) is 31.2 Å². The summed E-state index contributed by atoms with van der Waals surface area (Å²) in [4.78, 5) is 43.0. The number of ketones is 4. The summed E-state index contributed by atoms with van der Waals surface area (Å²) in [7, 11) is 0. The maximum absolute atomic E-state index is 11.0. The predicted molar refractivity (Wildman–Crippen MR) is 158 cm³/mol. The summed E-state index contributed by atoms with van der Waals surface area (Å²) in [5.41, 5.74) is 2.94. The molecule has 2 aromatic heterocycles. The fourth-order valence-electron chi connectivity index (χ4n) is 3.22. The SMILES string of the molecule is CC(=O)c1ccc(C)o1.CC(=O)c1ccco1.CCC(=O)c1ccccc1.CCCCc1ccc(C(C)=O)cc1. The van der Waals surface area contributed by atoms with E-state index >= 15 is 0 Å². The lowest BCUT2D eigenvalue weighted by molar-refractivity contribution is 0.0979. The maximum atomic E-state index is 11.0. The van der Waals surface area contributed by atoms with Crippen molar-refractivity contribution in [3.8, 4) is 0 Å². The van der Waals surface area contributed by atoms with Gasteiger partial charge in [0, 0.05) is 31.4 Å². The van der Waals surface area contributed by atoms with Crippen LogP contribution in [-0.4, -0.2) is 23.1 Å². The van der Waals surface area contributed by atoms with Crippen molar-refractivity contribution in [1.82, 2.24) is 0 Å². The van der Waals surface area contributed by atoms with Crippen molar-refractivity contribution in [3.05, 3.63) is 119 Å². The van der Waals surface area contributed by atoms with Gasteiger partial charge in [-0.2, -0.15) is 0 Å². The smallest absolute Gasteiger partial charge is 0.194 e. The fourth-order valence-corrected chi connectivity index (χ4v) is 3.22. The van der Waals surface area contributed by atoms with Gasteiger partial charge in [-0.05, 0) is 56.5 Å². The molecule has 2 heterocycles. The van der Waals surface area contributed by atoms with Gasteiger partial charge in [-0.3, -0.25) is 19.2 Å². The molecule has 0 saturated carbocycles. The van der Waals surface area contributed by atoms with Crippen LogP contribution >= 0.6 is 0 Å². The third-order valence-electron chi connectivity index (χ3n) is 5.55. The van der Waals surface area contributed by atoms with Crippen LogP contribution in [-0.2, 0) is 6.42 Å². The number of hydrogen-bond acceptors (Lipinski definition) is 6. The molecule has 0 aliphatic rings.